The van der Waals surface area contributed by atoms with Crippen LogP contribution in [0.4, 0.5) is 17.6 Å². The van der Waals surface area contributed by atoms with E-state index in [0.29, 0.717) is 56.7 Å². The van der Waals surface area contributed by atoms with Gasteiger partial charge in [-0.3, -0.25) is 9.36 Å². The topological polar surface area (TPSA) is 131 Å². The first-order valence-electron chi connectivity index (χ1n) is 12.2. The summed E-state index contributed by atoms with van der Waals surface area (Å²) < 4.78 is 2.03. The Morgan fingerprint density at radius 1 is 1.03 bits per heavy atom. The van der Waals surface area contributed by atoms with Gasteiger partial charge in [0.1, 0.15) is 5.52 Å². The standard InChI is InChI=1S/C24H28Cl3N7O2/c25-13-9-15(26)20(16(27)10-13)32-24-31-18-11-29-23(30-17-3-1-2-4-19(17)35)33-22(18)34(24)14-7-5-12(6-8-14)21(28)36/h9-12,14,17,19,35H,1-8H2,(H2,28,36)(H,31,32)(H,29,30,33)/t12-,14-,17-,19+/m0/s1. The van der Waals surface area contributed by atoms with Crippen molar-refractivity contribution in [1.29, 1.82) is 0 Å². The largest absolute Gasteiger partial charge is 0.391 e. The molecule has 12 heteroatoms. The van der Waals surface area contributed by atoms with Crippen molar-refractivity contribution in [3.05, 3.63) is 33.4 Å². The number of hydrogen-bond acceptors (Lipinski definition) is 7. The molecule has 5 N–H and O–H groups in total. The first kappa shape index (κ1) is 25.3. The van der Waals surface area contributed by atoms with E-state index in [1.54, 1.807) is 18.3 Å². The molecule has 5 rings (SSSR count). The van der Waals surface area contributed by atoms with E-state index in [0.717, 1.165) is 38.5 Å². The summed E-state index contributed by atoms with van der Waals surface area (Å²) >= 11 is 19.0. The van der Waals surface area contributed by atoms with Crippen LogP contribution in [0.25, 0.3) is 11.2 Å². The molecule has 1 aromatic carbocycles. The number of aliphatic hydroxyl groups is 1. The van der Waals surface area contributed by atoms with Gasteiger partial charge in [0.05, 0.1) is 34.1 Å². The van der Waals surface area contributed by atoms with Gasteiger partial charge in [-0.05, 0) is 50.7 Å². The maximum absolute atomic E-state index is 11.7. The van der Waals surface area contributed by atoms with Gasteiger partial charge in [0, 0.05) is 17.0 Å². The first-order valence-corrected chi connectivity index (χ1v) is 13.3. The van der Waals surface area contributed by atoms with Crippen LogP contribution < -0.4 is 16.4 Å². The summed E-state index contributed by atoms with van der Waals surface area (Å²) in [6.07, 6.45) is 7.78. The van der Waals surface area contributed by atoms with Crippen LogP contribution in [-0.2, 0) is 4.79 Å². The van der Waals surface area contributed by atoms with E-state index in [4.69, 9.17) is 50.5 Å². The molecule has 0 spiro atoms. The van der Waals surface area contributed by atoms with Crippen LogP contribution in [0.15, 0.2) is 18.3 Å². The summed E-state index contributed by atoms with van der Waals surface area (Å²) in [5.74, 6) is 0.562. The van der Waals surface area contributed by atoms with E-state index in [-0.39, 0.29) is 23.9 Å². The van der Waals surface area contributed by atoms with Crippen molar-refractivity contribution in [1.82, 2.24) is 19.5 Å². The minimum Gasteiger partial charge on any atom is -0.391 e. The number of amides is 1. The average Bonchev–Trinajstić information content (AvgIpc) is 3.20. The highest BCUT2D eigenvalue weighted by atomic mass is 35.5. The number of nitrogens with zero attached hydrogens (tertiary/aromatic N) is 4. The second kappa shape index (κ2) is 10.6. The van der Waals surface area contributed by atoms with Gasteiger partial charge in [-0.1, -0.05) is 47.6 Å². The molecule has 2 atom stereocenters. The third-order valence-electron chi connectivity index (χ3n) is 7.18. The number of anilines is 3. The molecule has 0 unspecified atom stereocenters. The zero-order valence-corrected chi connectivity index (χ0v) is 21.8. The number of halogens is 3. The number of carbonyl (C=O) groups is 1. The first-order chi connectivity index (χ1) is 17.3. The zero-order valence-electron chi connectivity index (χ0n) is 19.6. The molecule has 0 bridgehead atoms. The molecule has 36 heavy (non-hydrogen) atoms. The van der Waals surface area contributed by atoms with Gasteiger partial charge in [-0.25, -0.2) is 9.97 Å². The minimum absolute atomic E-state index is 0.0287. The molecule has 9 nitrogen and oxygen atoms in total. The van der Waals surface area contributed by atoms with Crippen LogP contribution in [0.5, 0.6) is 0 Å². The monoisotopic (exact) mass is 551 g/mol. The fourth-order valence-corrected chi connectivity index (χ4v) is 6.14. The fourth-order valence-electron chi connectivity index (χ4n) is 5.23. The molecule has 3 aromatic rings. The van der Waals surface area contributed by atoms with Crippen LogP contribution in [0.1, 0.15) is 57.4 Å². The molecule has 2 fully saturated rings. The minimum atomic E-state index is -0.432. The van der Waals surface area contributed by atoms with E-state index in [9.17, 15) is 9.90 Å². The van der Waals surface area contributed by atoms with E-state index in [1.807, 2.05) is 4.57 Å². The Labute approximate surface area is 223 Å². The molecular weight excluding hydrogens is 525 g/mol. The molecule has 192 valence electrons. The predicted molar refractivity (Wildman–Crippen MR) is 142 cm³/mol. The average molecular weight is 553 g/mol. The van der Waals surface area contributed by atoms with Crippen LogP contribution in [-0.4, -0.2) is 42.7 Å². The number of hydrogen-bond donors (Lipinski definition) is 4. The number of benzene rings is 1. The van der Waals surface area contributed by atoms with E-state index < -0.39 is 6.10 Å². The Morgan fingerprint density at radius 2 is 1.72 bits per heavy atom. The SMILES string of the molecule is NC(=O)[C@H]1CC[C@H](n2c(Nc3c(Cl)cc(Cl)cc3Cl)nc3cnc(N[C@H]4CCCC[C@H]4O)nc32)CC1. The Kier molecular flexibility index (Phi) is 7.44. The maximum atomic E-state index is 11.7. The summed E-state index contributed by atoms with van der Waals surface area (Å²) in [6, 6.07) is 3.16. The highest BCUT2D eigenvalue weighted by molar-refractivity contribution is 6.41. The van der Waals surface area contributed by atoms with E-state index in [1.165, 1.54) is 0 Å². The zero-order chi connectivity index (χ0) is 25.4. The van der Waals surface area contributed by atoms with Gasteiger partial charge < -0.3 is 21.5 Å². The molecule has 0 radical (unpaired) electrons. The van der Waals surface area contributed by atoms with Gasteiger partial charge in [0.2, 0.25) is 17.8 Å². The summed E-state index contributed by atoms with van der Waals surface area (Å²) in [5.41, 5.74) is 7.29. The molecule has 2 aromatic heterocycles. The van der Waals surface area contributed by atoms with Gasteiger partial charge in [-0.15, -0.1) is 0 Å². The van der Waals surface area contributed by atoms with Crippen molar-refractivity contribution in [2.75, 3.05) is 10.6 Å². The summed E-state index contributed by atoms with van der Waals surface area (Å²) in [4.78, 5) is 25.7. The number of imidazole rings is 1. The number of nitrogens with two attached hydrogens (primary N) is 1. The molecule has 2 heterocycles. The van der Waals surface area contributed by atoms with Crippen molar-refractivity contribution < 1.29 is 9.90 Å². The molecule has 2 aliphatic rings. The highest BCUT2D eigenvalue weighted by Gasteiger charge is 2.30. The van der Waals surface area contributed by atoms with Gasteiger partial charge in [0.25, 0.3) is 0 Å². The number of aliphatic hydroxyl groups excluding tert-OH is 1. The highest BCUT2D eigenvalue weighted by Crippen LogP contribution is 2.40. The Morgan fingerprint density at radius 3 is 2.39 bits per heavy atom. The summed E-state index contributed by atoms with van der Waals surface area (Å²) in [7, 11) is 0. The lowest BCUT2D eigenvalue weighted by atomic mass is 9.85. The third-order valence-corrected chi connectivity index (χ3v) is 8.00. The number of carbonyl (C=O) groups excluding carboxylic acids is 1. The molecule has 1 amide bonds. The van der Waals surface area contributed by atoms with Crippen molar-refractivity contribution in [3.8, 4) is 0 Å². The lowest BCUT2D eigenvalue weighted by molar-refractivity contribution is -0.122. The van der Waals surface area contributed by atoms with Crippen LogP contribution in [0.2, 0.25) is 15.1 Å². The summed E-state index contributed by atoms with van der Waals surface area (Å²) in [5, 5.41) is 18.1. The maximum Gasteiger partial charge on any atom is 0.225 e. The van der Waals surface area contributed by atoms with E-state index >= 15 is 0 Å². The molecule has 2 saturated carbocycles. The second-order valence-corrected chi connectivity index (χ2v) is 10.8. The lowest BCUT2D eigenvalue weighted by Gasteiger charge is -2.29. The third kappa shape index (κ3) is 5.20. The normalized spacial score (nSPS) is 24.6. The van der Waals surface area contributed by atoms with Crippen molar-refractivity contribution in [2.24, 2.45) is 11.7 Å². The number of nitrogens with one attached hydrogen (secondary N) is 2. The quantitative estimate of drug-likeness (QED) is 0.319. The van der Waals surface area contributed by atoms with Crippen LogP contribution in [0, 0.1) is 5.92 Å². The van der Waals surface area contributed by atoms with Crippen molar-refractivity contribution in [3.63, 3.8) is 0 Å². The number of fused-ring (bicyclic) bond motifs is 1. The molecular formula is C24H28Cl3N7O2. The van der Waals surface area contributed by atoms with Gasteiger partial charge in [0.15, 0.2) is 5.65 Å². The lowest BCUT2D eigenvalue weighted by Crippen LogP contribution is -2.36. The van der Waals surface area contributed by atoms with Gasteiger partial charge >= 0.3 is 0 Å². The predicted octanol–water partition coefficient (Wildman–Crippen LogP) is 5.46. The van der Waals surface area contributed by atoms with Crippen molar-refractivity contribution >= 4 is 69.5 Å². The Hall–Kier alpha value is -2.33. The summed E-state index contributed by atoms with van der Waals surface area (Å²) in [6.45, 7) is 0. The second-order valence-electron chi connectivity index (χ2n) is 9.59. The molecule has 2 aliphatic carbocycles. The number of primary amides is 1. The van der Waals surface area contributed by atoms with Crippen molar-refractivity contribution in [2.45, 2.75) is 69.6 Å². The van der Waals surface area contributed by atoms with Gasteiger partial charge in [-0.2, -0.15) is 4.98 Å². The smallest absolute Gasteiger partial charge is 0.225 e. The number of aromatic nitrogens is 4. The van der Waals surface area contributed by atoms with Crippen LogP contribution >= 0.6 is 34.8 Å². The molecule has 0 aliphatic heterocycles. The Bertz CT molecular complexity index is 1250. The Balaban J connectivity index is 1.53. The van der Waals surface area contributed by atoms with E-state index in [2.05, 4.69) is 15.6 Å². The van der Waals surface area contributed by atoms with Crippen LogP contribution in [0.3, 0.4) is 0 Å². The number of rotatable bonds is 6. The molecule has 0 saturated heterocycles. The fraction of sp³-hybridized carbons (Fsp3) is 0.500.